The van der Waals surface area contributed by atoms with Gasteiger partial charge in [0, 0.05) is 0 Å². The zero-order valence-corrected chi connectivity index (χ0v) is 5.27. The molecule has 0 aromatic rings. The number of rotatable bonds is 4. The third kappa shape index (κ3) is 5.49. The van der Waals surface area contributed by atoms with Gasteiger partial charge in [-0.05, 0) is 0 Å². The Hall–Kier alpha value is -0.510. The SMILES string of the molecule is C=COCC[SH](=O)=O. The van der Waals surface area contributed by atoms with Gasteiger partial charge >= 0.3 is 0 Å². The summed E-state index contributed by atoms with van der Waals surface area (Å²) >= 11 is 0. The van der Waals surface area contributed by atoms with Crippen LogP contribution < -0.4 is 0 Å². The summed E-state index contributed by atoms with van der Waals surface area (Å²) in [7, 11) is -2.28. The smallest absolute Gasteiger partial charge is 0.143 e. The second-order valence-corrected chi connectivity index (χ2v) is 2.21. The minimum absolute atomic E-state index is 0.0708. The molecule has 0 atom stereocenters. The van der Waals surface area contributed by atoms with Crippen molar-refractivity contribution in [3.05, 3.63) is 12.8 Å². The molecule has 0 bridgehead atoms. The molecule has 0 fully saturated rings. The second kappa shape index (κ2) is 4.64. The summed E-state index contributed by atoms with van der Waals surface area (Å²) in [5.41, 5.74) is 0. The van der Waals surface area contributed by atoms with Crippen molar-refractivity contribution < 1.29 is 13.2 Å². The first-order valence-corrected chi connectivity index (χ1v) is 3.48. The molecule has 8 heavy (non-hydrogen) atoms. The number of hydrogen-bond acceptors (Lipinski definition) is 3. The Bertz CT molecular complexity index is 119. The summed E-state index contributed by atoms with van der Waals surface area (Å²) < 4.78 is 24.1. The van der Waals surface area contributed by atoms with Crippen molar-refractivity contribution in [2.24, 2.45) is 0 Å². The molecule has 0 spiro atoms. The minimum Gasteiger partial charge on any atom is -0.501 e. The monoisotopic (exact) mass is 136 g/mol. The van der Waals surface area contributed by atoms with Gasteiger partial charge in [-0.1, -0.05) is 6.58 Å². The molecule has 0 aliphatic carbocycles. The van der Waals surface area contributed by atoms with E-state index in [0.717, 1.165) is 0 Å². The number of thiol groups is 1. The Labute approximate surface area is 49.9 Å². The summed E-state index contributed by atoms with van der Waals surface area (Å²) in [5.74, 6) is 0.0708. The lowest BCUT2D eigenvalue weighted by atomic mass is 10.8. The molecule has 0 saturated heterocycles. The van der Waals surface area contributed by atoms with Gasteiger partial charge in [-0.2, -0.15) is 0 Å². The van der Waals surface area contributed by atoms with Crippen LogP contribution in [0.4, 0.5) is 0 Å². The highest BCUT2D eigenvalue weighted by molar-refractivity contribution is 7.72. The first-order chi connectivity index (χ1) is 3.77. The van der Waals surface area contributed by atoms with Crippen LogP contribution in [0.3, 0.4) is 0 Å². The maximum atomic E-state index is 9.80. The zero-order chi connectivity index (χ0) is 6.41. The molecule has 0 saturated carbocycles. The first-order valence-electron chi connectivity index (χ1n) is 2.11. The van der Waals surface area contributed by atoms with E-state index in [1.807, 2.05) is 0 Å². The third-order valence-corrected chi connectivity index (χ3v) is 1.06. The van der Waals surface area contributed by atoms with E-state index in [1.54, 1.807) is 0 Å². The van der Waals surface area contributed by atoms with E-state index in [1.165, 1.54) is 6.26 Å². The molecular weight excluding hydrogens is 128 g/mol. The Kier molecular flexibility index (Phi) is 4.35. The lowest BCUT2D eigenvalue weighted by molar-refractivity contribution is 0.272. The zero-order valence-electron chi connectivity index (χ0n) is 4.37. The molecular formula is C4H8O3S. The van der Waals surface area contributed by atoms with E-state index < -0.39 is 10.7 Å². The van der Waals surface area contributed by atoms with Crippen molar-refractivity contribution in [2.75, 3.05) is 12.4 Å². The maximum absolute atomic E-state index is 9.80. The molecule has 3 nitrogen and oxygen atoms in total. The molecule has 48 valence electrons. The summed E-state index contributed by atoms with van der Waals surface area (Å²) in [6.07, 6.45) is 1.22. The molecule has 0 rings (SSSR count). The summed E-state index contributed by atoms with van der Waals surface area (Å²) in [6.45, 7) is 3.45. The highest BCUT2D eigenvalue weighted by atomic mass is 32.2. The van der Waals surface area contributed by atoms with E-state index in [9.17, 15) is 8.42 Å². The van der Waals surface area contributed by atoms with Gasteiger partial charge in [0.05, 0.1) is 12.0 Å². The lowest BCUT2D eigenvalue weighted by Gasteiger charge is -1.90. The Morgan fingerprint density at radius 3 is 2.62 bits per heavy atom. The van der Waals surface area contributed by atoms with Gasteiger partial charge in [0.2, 0.25) is 0 Å². The van der Waals surface area contributed by atoms with E-state index >= 15 is 0 Å². The van der Waals surface area contributed by atoms with Crippen LogP contribution >= 0.6 is 0 Å². The molecule has 0 heterocycles. The third-order valence-electron chi connectivity index (χ3n) is 0.510. The summed E-state index contributed by atoms with van der Waals surface area (Å²) in [5, 5.41) is 0. The van der Waals surface area contributed by atoms with Crippen LogP contribution in [0.25, 0.3) is 0 Å². The van der Waals surface area contributed by atoms with Gasteiger partial charge in [0.15, 0.2) is 0 Å². The van der Waals surface area contributed by atoms with Crippen LogP contribution in [-0.4, -0.2) is 20.8 Å². The van der Waals surface area contributed by atoms with Crippen LogP contribution in [0.2, 0.25) is 0 Å². The van der Waals surface area contributed by atoms with E-state index in [0.29, 0.717) is 0 Å². The van der Waals surface area contributed by atoms with Crippen molar-refractivity contribution in [3.8, 4) is 0 Å². The van der Waals surface area contributed by atoms with Crippen molar-refractivity contribution >= 4 is 10.7 Å². The van der Waals surface area contributed by atoms with E-state index in [2.05, 4.69) is 11.3 Å². The first kappa shape index (κ1) is 7.49. The molecule has 0 unspecified atom stereocenters. The van der Waals surface area contributed by atoms with Gasteiger partial charge in [-0.15, -0.1) is 0 Å². The molecule has 0 aliphatic rings. The molecule has 0 amide bonds. The second-order valence-electron chi connectivity index (χ2n) is 1.09. The van der Waals surface area contributed by atoms with Crippen molar-refractivity contribution in [1.82, 2.24) is 0 Å². The highest BCUT2D eigenvalue weighted by Crippen LogP contribution is 1.72. The fourth-order valence-electron chi connectivity index (χ4n) is 0.211. The van der Waals surface area contributed by atoms with Crippen molar-refractivity contribution in [2.45, 2.75) is 0 Å². The highest BCUT2D eigenvalue weighted by Gasteiger charge is 1.82. The van der Waals surface area contributed by atoms with Gasteiger partial charge < -0.3 is 4.74 Å². The topological polar surface area (TPSA) is 43.4 Å². The summed E-state index contributed by atoms with van der Waals surface area (Å²) in [6, 6.07) is 0. The Balaban J connectivity index is 3.05. The molecule has 0 aromatic heterocycles. The van der Waals surface area contributed by atoms with Crippen LogP contribution in [0.5, 0.6) is 0 Å². The standard InChI is InChI=1S/C4H8O3S/c1-2-7-3-4-8(5)6/h2,8H,1,3-4H2. The molecule has 0 radical (unpaired) electrons. The van der Waals surface area contributed by atoms with Gasteiger partial charge in [-0.3, -0.25) is 0 Å². The quantitative estimate of drug-likeness (QED) is 0.329. The van der Waals surface area contributed by atoms with Gasteiger partial charge in [0.25, 0.3) is 0 Å². The average molecular weight is 136 g/mol. The predicted octanol–water partition coefficient (Wildman–Crippen LogP) is -0.242. The largest absolute Gasteiger partial charge is 0.501 e. The van der Waals surface area contributed by atoms with Gasteiger partial charge in [-0.25, -0.2) is 8.42 Å². The molecule has 0 N–H and O–H groups in total. The van der Waals surface area contributed by atoms with E-state index in [4.69, 9.17) is 0 Å². The van der Waals surface area contributed by atoms with E-state index in [-0.39, 0.29) is 12.4 Å². The fraction of sp³-hybridized carbons (Fsp3) is 0.500. The normalized spacial score (nSPS) is 9.12. The number of hydrogen-bond donors (Lipinski definition) is 1. The fourth-order valence-corrected chi connectivity index (χ4v) is 0.465. The summed E-state index contributed by atoms with van der Waals surface area (Å²) in [4.78, 5) is 0. The van der Waals surface area contributed by atoms with Crippen LogP contribution in [0, 0.1) is 0 Å². The van der Waals surface area contributed by atoms with Crippen molar-refractivity contribution in [3.63, 3.8) is 0 Å². The molecule has 4 heteroatoms. The van der Waals surface area contributed by atoms with Gasteiger partial charge in [0.1, 0.15) is 17.3 Å². The lowest BCUT2D eigenvalue weighted by Crippen LogP contribution is -1.95. The van der Waals surface area contributed by atoms with Crippen LogP contribution in [0.1, 0.15) is 0 Å². The van der Waals surface area contributed by atoms with Crippen molar-refractivity contribution in [1.29, 1.82) is 0 Å². The van der Waals surface area contributed by atoms with Crippen LogP contribution in [0.15, 0.2) is 12.8 Å². The maximum Gasteiger partial charge on any atom is 0.143 e. The van der Waals surface area contributed by atoms with Crippen LogP contribution in [-0.2, 0) is 15.4 Å². The minimum atomic E-state index is -2.28. The number of ether oxygens (including phenoxy) is 1. The Morgan fingerprint density at radius 1 is 1.62 bits per heavy atom. The Morgan fingerprint density at radius 2 is 2.25 bits per heavy atom. The molecule has 0 aliphatic heterocycles. The molecule has 0 aromatic carbocycles. The average Bonchev–Trinajstić information content (AvgIpc) is 1.66. The predicted molar refractivity (Wildman–Crippen MR) is 31.3 cm³/mol.